The summed E-state index contributed by atoms with van der Waals surface area (Å²) in [6.07, 6.45) is 1.93. The number of fused-ring (bicyclic) bond motifs is 1. The zero-order chi connectivity index (χ0) is 24.9. The van der Waals surface area contributed by atoms with Gasteiger partial charge in [0.05, 0.1) is 29.0 Å². The number of alkyl halides is 3. The topological polar surface area (TPSA) is 61.7 Å². The molecule has 0 bridgehead atoms. The fourth-order valence-electron chi connectivity index (χ4n) is 4.37. The van der Waals surface area contributed by atoms with E-state index in [-0.39, 0.29) is 11.9 Å². The third-order valence-corrected chi connectivity index (χ3v) is 6.05. The van der Waals surface area contributed by atoms with Crippen molar-refractivity contribution in [2.75, 3.05) is 0 Å². The van der Waals surface area contributed by atoms with Crippen LogP contribution in [0, 0.1) is 19.7 Å². The predicted molar refractivity (Wildman–Crippen MR) is 122 cm³/mol. The van der Waals surface area contributed by atoms with Gasteiger partial charge in [0.15, 0.2) is 0 Å². The molecular formula is C25H21F4N5O. The Kier molecular flexibility index (Phi) is 5.46. The van der Waals surface area contributed by atoms with E-state index < -0.39 is 12.7 Å². The Balaban J connectivity index is 1.68. The Morgan fingerprint density at radius 1 is 1.03 bits per heavy atom. The molecule has 5 rings (SSSR count). The molecule has 5 aromatic rings. The third-order valence-electron chi connectivity index (χ3n) is 6.05. The molecule has 0 amide bonds. The highest BCUT2D eigenvalue weighted by atomic mass is 19.4. The maximum absolute atomic E-state index is 13.5. The molecule has 0 saturated heterocycles. The van der Waals surface area contributed by atoms with Gasteiger partial charge in [-0.1, -0.05) is 17.3 Å². The summed E-state index contributed by atoms with van der Waals surface area (Å²) >= 11 is 0. The van der Waals surface area contributed by atoms with Gasteiger partial charge in [-0.25, -0.2) is 4.39 Å². The van der Waals surface area contributed by atoms with Crippen molar-refractivity contribution in [3.8, 4) is 22.3 Å². The summed E-state index contributed by atoms with van der Waals surface area (Å²) in [5, 5.41) is 7.91. The molecular weight excluding hydrogens is 462 g/mol. The van der Waals surface area contributed by atoms with Crippen LogP contribution in [0.2, 0.25) is 0 Å². The standard InChI is InChI=1S/C25H21F4N5O/c1-14-23(16(3)35-32-14)18-8-22-24(30-9-18)21(19-10-31-33(11-19)13-25(27,28)29)12-34(22)15(2)17-4-6-20(26)7-5-17/h4-12,15H,13H2,1-3H3/t15-/m1/s1. The van der Waals surface area contributed by atoms with E-state index in [4.69, 9.17) is 4.52 Å². The second-order valence-electron chi connectivity index (χ2n) is 8.51. The summed E-state index contributed by atoms with van der Waals surface area (Å²) in [6.45, 7) is 4.45. The zero-order valence-electron chi connectivity index (χ0n) is 19.1. The van der Waals surface area contributed by atoms with Crippen LogP contribution < -0.4 is 0 Å². The minimum atomic E-state index is -4.38. The molecule has 6 nitrogen and oxygen atoms in total. The van der Waals surface area contributed by atoms with Crippen LogP contribution in [0.5, 0.6) is 0 Å². The van der Waals surface area contributed by atoms with Crippen molar-refractivity contribution >= 4 is 11.0 Å². The van der Waals surface area contributed by atoms with Crippen LogP contribution in [0.15, 0.2) is 59.6 Å². The van der Waals surface area contributed by atoms with Crippen LogP contribution >= 0.6 is 0 Å². The van der Waals surface area contributed by atoms with E-state index >= 15 is 0 Å². The zero-order valence-corrected chi connectivity index (χ0v) is 19.1. The molecule has 0 aliphatic rings. The Morgan fingerprint density at radius 3 is 2.43 bits per heavy atom. The molecule has 0 radical (unpaired) electrons. The molecule has 1 atom stereocenters. The molecule has 4 aromatic heterocycles. The van der Waals surface area contributed by atoms with Crippen molar-refractivity contribution in [2.45, 2.75) is 39.5 Å². The van der Waals surface area contributed by atoms with Gasteiger partial charge in [0, 0.05) is 40.8 Å². The van der Waals surface area contributed by atoms with Gasteiger partial charge in [-0.3, -0.25) is 9.67 Å². The second kappa shape index (κ2) is 8.37. The van der Waals surface area contributed by atoms with Crippen LogP contribution in [0.4, 0.5) is 17.6 Å². The average molecular weight is 483 g/mol. The van der Waals surface area contributed by atoms with E-state index in [9.17, 15) is 17.6 Å². The summed E-state index contributed by atoms with van der Waals surface area (Å²) in [5.41, 5.74) is 5.76. The smallest absolute Gasteiger partial charge is 0.361 e. The van der Waals surface area contributed by atoms with Gasteiger partial charge >= 0.3 is 6.18 Å². The van der Waals surface area contributed by atoms with Crippen LogP contribution in [0.25, 0.3) is 33.3 Å². The largest absolute Gasteiger partial charge is 0.408 e. The molecule has 1 aromatic carbocycles. The van der Waals surface area contributed by atoms with Crippen LogP contribution in [0.1, 0.15) is 30.0 Å². The Hall–Kier alpha value is -3.95. The van der Waals surface area contributed by atoms with Crippen molar-refractivity contribution in [3.63, 3.8) is 0 Å². The van der Waals surface area contributed by atoms with Gasteiger partial charge in [0.2, 0.25) is 0 Å². The van der Waals surface area contributed by atoms with Crippen molar-refractivity contribution in [3.05, 3.63) is 78.0 Å². The number of pyridine rings is 1. The molecule has 0 N–H and O–H groups in total. The number of nitrogens with zero attached hydrogens (tertiary/aromatic N) is 5. The quantitative estimate of drug-likeness (QED) is 0.268. The molecule has 0 spiro atoms. The van der Waals surface area contributed by atoms with E-state index in [2.05, 4.69) is 15.2 Å². The molecule has 35 heavy (non-hydrogen) atoms. The van der Waals surface area contributed by atoms with Crippen LogP contribution in [0.3, 0.4) is 0 Å². The molecule has 0 aliphatic carbocycles. The van der Waals surface area contributed by atoms with Gasteiger partial charge in [0.1, 0.15) is 18.1 Å². The molecule has 180 valence electrons. The van der Waals surface area contributed by atoms with Crippen molar-refractivity contribution in [2.24, 2.45) is 0 Å². The van der Waals surface area contributed by atoms with Gasteiger partial charge < -0.3 is 9.09 Å². The fourth-order valence-corrected chi connectivity index (χ4v) is 4.37. The molecule has 0 unspecified atom stereocenters. The van der Waals surface area contributed by atoms with E-state index in [1.165, 1.54) is 24.5 Å². The van der Waals surface area contributed by atoms with Gasteiger partial charge in [-0.2, -0.15) is 18.3 Å². The maximum Gasteiger partial charge on any atom is 0.408 e. The summed E-state index contributed by atoms with van der Waals surface area (Å²) in [7, 11) is 0. The van der Waals surface area contributed by atoms with Crippen molar-refractivity contribution < 1.29 is 22.1 Å². The van der Waals surface area contributed by atoms with Crippen LogP contribution in [-0.4, -0.2) is 30.7 Å². The monoisotopic (exact) mass is 483 g/mol. The summed E-state index contributed by atoms with van der Waals surface area (Å²) < 4.78 is 60.2. The summed E-state index contributed by atoms with van der Waals surface area (Å²) in [6, 6.07) is 7.95. The normalized spacial score (nSPS) is 13.0. The molecule has 0 saturated carbocycles. The lowest BCUT2D eigenvalue weighted by molar-refractivity contribution is -0.142. The molecule has 0 aliphatic heterocycles. The first kappa shape index (κ1) is 22.8. The molecule has 0 fully saturated rings. The molecule has 4 heterocycles. The second-order valence-corrected chi connectivity index (χ2v) is 8.51. The van der Waals surface area contributed by atoms with E-state index in [0.29, 0.717) is 22.4 Å². The van der Waals surface area contributed by atoms with Gasteiger partial charge in [0.25, 0.3) is 0 Å². The summed E-state index contributed by atoms with van der Waals surface area (Å²) in [4.78, 5) is 4.68. The first-order valence-electron chi connectivity index (χ1n) is 10.9. The lowest BCUT2D eigenvalue weighted by atomic mass is 10.0. The third kappa shape index (κ3) is 4.31. The number of benzene rings is 1. The number of aromatic nitrogens is 5. The highest BCUT2D eigenvalue weighted by molar-refractivity contribution is 5.95. The SMILES string of the molecule is Cc1noc(C)c1-c1cnc2c(-c3cnn(CC(F)(F)F)c3)cn([C@H](C)c3ccc(F)cc3)c2c1. The van der Waals surface area contributed by atoms with E-state index in [1.807, 2.05) is 37.6 Å². The minimum Gasteiger partial charge on any atom is -0.361 e. The summed E-state index contributed by atoms with van der Waals surface area (Å²) in [5.74, 6) is 0.320. The van der Waals surface area contributed by atoms with Crippen molar-refractivity contribution in [1.82, 2.24) is 24.5 Å². The predicted octanol–water partition coefficient (Wildman–Crippen LogP) is 6.48. The fraction of sp³-hybridized carbons (Fsp3) is 0.240. The van der Waals surface area contributed by atoms with Crippen LogP contribution in [-0.2, 0) is 6.54 Å². The number of hydrogen-bond acceptors (Lipinski definition) is 4. The maximum atomic E-state index is 13.5. The molecule has 10 heteroatoms. The first-order chi connectivity index (χ1) is 16.6. The Labute approximate surface area is 197 Å². The van der Waals surface area contributed by atoms with Gasteiger partial charge in [-0.05, 0) is 44.5 Å². The highest BCUT2D eigenvalue weighted by Gasteiger charge is 2.29. The lowest BCUT2D eigenvalue weighted by Crippen LogP contribution is -2.17. The Morgan fingerprint density at radius 2 is 1.77 bits per heavy atom. The first-order valence-corrected chi connectivity index (χ1v) is 10.9. The minimum absolute atomic E-state index is 0.209. The number of halogens is 4. The number of rotatable bonds is 5. The Bertz CT molecular complexity index is 1490. The number of aryl methyl sites for hydroxylation is 2. The number of hydrogen-bond donors (Lipinski definition) is 0. The average Bonchev–Trinajstić information content (AvgIpc) is 3.49. The highest BCUT2D eigenvalue weighted by Crippen LogP contribution is 2.36. The van der Waals surface area contributed by atoms with E-state index in [1.54, 1.807) is 18.3 Å². The van der Waals surface area contributed by atoms with Crippen molar-refractivity contribution in [1.29, 1.82) is 0 Å². The lowest BCUT2D eigenvalue weighted by Gasteiger charge is -2.16. The van der Waals surface area contributed by atoms with Gasteiger partial charge in [-0.15, -0.1) is 0 Å². The van der Waals surface area contributed by atoms with E-state index in [0.717, 1.165) is 32.6 Å².